The first kappa shape index (κ1) is 47.0. The number of ether oxygens (including phenoxy) is 5. The van der Waals surface area contributed by atoms with Crippen LogP contribution in [-0.4, -0.2) is 98.3 Å². The number of esters is 2. The van der Waals surface area contributed by atoms with Gasteiger partial charge in [0.1, 0.15) is 23.9 Å². The van der Waals surface area contributed by atoms with Crippen LogP contribution in [0.15, 0.2) is 54.1 Å². The highest BCUT2D eigenvalue weighted by molar-refractivity contribution is 6.74. The number of hydrogen-bond acceptors (Lipinski definition) is 10. The Morgan fingerprint density at radius 1 is 0.902 bits per heavy atom. The third-order valence-electron chi connectivity index (χ3n) is 16.7. The monoisotopic (exact) mass is 895 g/mol. The largest absolute Gasteiger partial charge is 0.455 e. The van der Waals surface area contributed by atoms with E-state index in [9.17, 15) is 4.79 Å². The van der Waals surface area contributed by atoms with Crippen LogP contribution in [0, 0.1) is 22.7 Å². The first-order valence-electron chi connectivity index (χ1n) is 23.5. The molecule has 7 rings (SSSR count). The zero-order valence-electron chi connectivity index (χ0n) is 39.2. The van der Waals surface area contributed by atoms with Crippen molar-refractivity contribution in [2.45, 2.75) is 198 Å². The Balaban J connectivity index is 1.59. The number of carbonyl (C=O) groups is 2. The lowest BCUT2D eigenvalue weighted by Gasteiger charge is -2.70. The second kappa shape index (κ2) is 17.5. The topological polar surface area (TPSA) is 108 Å². The van der Waals surface area contributed by atoms with Gasteiger partial charge in [0.15, 0.2) is 28.5 Å². The highest BCUT2D eigenvalue weighted by Gasteiger charge is 2.80. The molecule has 3 saturated carbocycles. The zero-order chi connectivity index (χ0) is 44.3. The molecule has 0 N–H and O–H groups in total. The molecule has 6 aliphatic rings. The maximum atomic E-state index is 15.1. The van der Waals surface area contributed by atoms with Gasteiger partial charge in [-0.05, 0) is 98.5 Å². The standard InChI is InChI=1S/C48H75O10Si3/c1-14-37-52-39-38-31(8)34(56-60(15-2,16-3)17-4)29-48(45(38,9)10,58-59(12)13)42(54-43(49)32-24-22-21-23-25-32)40-46(11,41(39)53-37)35(57-61(18-5,19-6)20-7)28-36-47(40,30-51-36)55-44(50)33-26-27-33/h14,21-25,33-37,39-42H,1,15-20,26-30H2,2-13H3/t34?,35?,36?,37?,39?,40?,41?,42?,46-,47?,48?/m1/s1. The molecule has 10 nitrogen and oxygen atoms in total. The highest BCUT2D eigenvalue weighted by Crippen LogP contribution is 2.68. The smallest absolute Gasteiger partial charge is 0.338 e. The Labute approximate surface area is 370 Å². The number of fused-ring (bicyclic) bond motifs is 8. The molecule has 1 aromatic rings. The number of rotatable bonds is 17. The van der Waals surface area contributed by atoms with Gasteiger partial charge >= 0.3 is 11.9 Å². The van der Waals surface area contributed by atoms with Crippen LogP contribution in [0.5, 0.6) is 0 Å². The molecule has 0 aromatic heterocycles. The van der Waals surface area contributed by atoms with Crippen molar-refractivity contribution in [1.29, 1.82) is 0 Å². The van der Waals surface area contributed by atoms with E-state index >= 15 is 4.79 Å². The summed E-state index contributed by atoms with van der Waals surface area (Å²) in [6.45, 7) is 31.1. The van der Waals surface area contributed by atoms with Crippen LogP contribution in [0.4, 0.5) is 0 Å². The van der Waals surface area contributed by atoms with E-state index in [4.69, 9.17) is 37.0 Å². The Hall–Kier alpha value is -1.95. The van der Waals surface area contributed by atoms with Gasteiger partial charge in [0.25, 0.3) is 0 Å². The van der Waals surface area contributed by atoms with E-state index in [0.717, 1.165) is 60.3 Å². The van der Waals surface area contributed by atoms with Crippen molar-refractivity contribution in [3.05, 3.63) is 59.7 Å². The molecular formula is C48H75O10Si3. The number of carbonyl (C=O) groups excluding carboxylic acids is 2. The van der Waals surface area contributed by atoms with Gasteiger partial charge in [-0.15, -0.1) is 0 Å². The molecule has 10 unspecified atom stereocenters. The van der Waals surface area contributed by atoms with Crippen LogP contribution in [0.25, 0.3) is 0 Å². The summed E-state index contributed by atoms with van der Waals surface area (Å²) in [5, 5.41) is 0. The minimum Gasteiger partial charge on any atom is -0.455 e. The van der Waals surface area contributed by atoms with Gasteiger partial charge in [-0.3, -0.25) is 4.79 Å². The van der Waals surface area contributed by atoms with E-state index in [0.29, 0.717) is 18.4 Å². The summed E-state index contributed by atoms with van der Waals surface area (Å²) in [7, 11) is -6.11. The maximum Gasteiger partial charge on any atom is 0.338 e. The fourth-order valence-electron chi connectivity index (χ4n) is 12.4. The van der Waals surface area contributed by atoms with Crippen molar-refractivity contribution in [2.75, 3.05) is 6.61 Å². The molecular weight excluding hydrogens is 821 g/mol. The van der Waals surface area contributed by atoms with Gasteiger partial charge in [-0.1, -0.05) is 87.1 Å². The van der Waals surface area contributed by atoms with Crippen molar-refractivity contribution in [3.8, 4) is 0 Å². The second-order valence-corrected chi connectivity index (χ2v) is 31.4. The molecule has 13 heteroatoms. The second-order valence-electron chi connectivity index (χ2n) is 20.0. The molecule has 4 aliphatic carbocycles. The van der Waals surface area contributed by atoms with E-state index in [1.54, 1.807) is 18.2 Å². The molecule has 0 spiro atoms. The van der Waals surface area contributed by atoms with E-state index < -0.39 is 96.4 Å². The fraction of sp³-hybridized carbons (Fsp3) is 0.750. The zero-order valence-corrected chi connectivity index (χ0v) is 42.2. The van der Waals surface area contributed by atoms with Crippen LogP contribution in [0.1, 0.15) is 105 Å². The molecule has 0 amide bonds. The minimum absolute atomic E-state index is 0.162. The van der Waals surface area contributed by atoms with E-state index in [-0.39, 0.29) is 24.6 Å². The summed E-state index contributed by atoms with van der Waals surface area (Å²) in [5.41, 5.74) is -1.48. The predicted molar refractivity (Wildman–Crippen MR) is 243 cm³/mol. The van der Waals surface area contributed by atoms with Crippen LogP contribution in [0.3, 0.4) is 0 Å². The Morgan fingerprint density at radius 3 is 2.03 bits per heavy atom. The van der Waals surface area contributed by atoms with Gasteiger partial charge < -0.3 is 37.0 Å². The van der Waals surface area contributed by atoms with Crippen molar-refractivity contribution in [1.82, 2.24) is 0 Å². The number of benzene rings is 1. The summed E-state index contributed by atoms with van der Waals surface area (Å²) in [5.74, 6) is -1.53. The van der Waals surface area contributed by atoms with Crippen molar-refractivity contribution >= 4 is 37.6 Å². The molecule has 339 valence electrons. The average Bonchev–Trinajstić information content (AvgIpc) is 4.02. The molecule has 1 radical (unpaired) electrons. The lowest BCUT2D eigenvalue weighted by Crippen LogP contribution is -2.83. The first-order chi connectivity index (χ1) is 28.9. The van der Waals surface area contributed by atoms with Crippen molar-refractivity contribution < 1.29 is 46.6 Å². The summed E-state index contributed by atoms with van der Waals surface area (Å²) in [4.78, 5) is 29.4. The van der Waals surface area contributed by atoms with E-state index in [2.05, 4.69) is 88.9 Å². The normalized spacial score (nSPS) is 36.8. The summed E-state index contributed by atoms with van der Waals surface area (Å²) in [6.07, 6.45) is 0.159. The van der Waals surface area contributed by atoms with Crippen molar-refractivity contribution in [2.24, 2.45) is 22.7 Å². The van der Waals surface area contributed by atoms with Crippen LogP contribution < -0.4 is 0 Å². The average molecular weight is 896 g/mol. The molecule has 2 heterocycles. The molecule has 1 aromatic carbocycles. The van der Waals surface area contributed by atoms with E-state index in [1.165, 1.54) is 0 Å². The highest BCUT2D eigenvalue weighted by atomic mass is 28.4. The molecule has 5 fully saturated rings. The Morgan fingerprint density at radius 2 is 1.51 bits per heavy atom. The molecule has 2 saturated heterocycles. The summed E-state index contributed by atoms with van der Waals surface area (Å²) < 4.78 is 58.6. The lowest BCUT2D eigenvalue weighted by atomic mass is 9.44. The molecule has 11 atom stereocenters. The van der Waals surface area contributed by atoms with Crippen LogP contribution in [0.2, 0.25) is 49.4 Å². The summed E-state index contributed by atoms with van der Waals surface area (Å²) in [6, 6.07) is 15.0. The fourth-order valence-corrected chi connectivity index (χ4v) is 19.4. The molecule has 2 aliphatic heterocycles. The Kier molecular flexibility index (Phi) is 13.5. The summed E-state index contributed by atoms with van der Waals surface area (Å²) >= 11 is 0. The van der Waals surface area contributed by atoms with Gasteiger partial charge in [0.05, 0.1) is 42.3 Å². The van der Waals surface area contributed by atoms with E-state index in [1.807, 2.05) is 18.2 Å². The maximum absolute atomic E-state index is 15.1. The van der Waals surface area contributed by atoms with Gasteiger partial charge in [0.2, 0.25) is 9.04 Å². The minimum atomic E-state index is -2.33. The SMILES string of the molecule is C=CC1OC2C3=C(C)C(O[Si](CC)(CC)CC)CC(O[Si](C)C)(C(OC(=O)c4ccccc4)C4C5(OC(=O)C6CC6)COC5CC(O[Si](CC)(CC)CC)[C@@]4(C)C2O1)C3(C)C. The Bertz CT molecular complexity index is 1790. The number of hydrogen-bond donors (Lipinski definition) is 0. The van der Waals surface area contributed by atoms with Gasteiger partial charge in [-0.25, -0.2) is 4.79 Å². The van der Waals surface area contributed by atoms with Crippen molar-refractivity contribution in [3.63, 3.8) is 0 Å². The lowest BCUT2D eigenvalue weighted by molar-refractivity contribution is -0.359. The first-order valence-corrected chi connectivity index (χ1v) is 31.0. The molecule has 2 bridgehead atoms. The van der Waals surface area contributed by atoms with Crippen LogP contribution in [-0.2, 0) is 41.8 Å². The van der Waals surface area contributed by atoms with Gasteiger partial charge in [0, 0.05) is 23.7 Å². The predicted octanol–water partition coefficient (Wildman–Crippen LogP) is 10.2. The van der Waals surface area contributed by atoms with Gasteiger partial charge in [-0.2, -0.15) is 0 Å². The third kappa shape index (κ3) is 7.59. The third-order valence-corrected chi connectivity index (χ3v) is 26.7. The quantitative estimate of drug-likeness (QED) is 0.0852. The molecule has 61 heavy (non-hydrogen) atoms. The van der Waals surface area contributed by atoms with Crippen LogP contribution >= 0.6 is 0 Å².